The predicted molar refractivity (Wildman–Crippen MR) is 137 cm³/mol. The van der Waals surface area contributed by atoms with Gasteiger partial charge in [-0.1, -0.05) is 0 Å². The Morgan fingerprint density at radius 1 is 0.857 bits per heavy atom. The third-order valence-electron chi connectivity index (χ3n) is 4.93. The molecule has 0 spiro atoms. The molecule has 0 aliphatic rings. The van der Waals surface area contributed by atoms with Gasteiger partial charge in [0, 0.05) is 17.2 Å². The number of esters is 1. The number of benzene rings is 2. The normalized spacial score (nSPS) is 11.9. The number of hydrogen-bond donors (Lipinski definition) is 1. The Labute approximate surface area is 234 Å². The van der Waals surface area contributed by atoms with Crippen molar-refractivity contribution >= 4 is 41.1 Å². The summed E-state index contributed by atoms with van der Waals surface area (Å²) in [6.07, 6.45) is -9.52. The average Bonchev–Trinajstić information content (AvgIpc) is 2.85. The highest BCUT2D eigenvalue weighted by Crippen LogP contribution is 2.43. The maximum absolute atomic E-state index is 15.3. The number of rotatable bonds is 8. The molecule has 1 N–H and O–H groups in total. The van der Waals surface area contributed by atoms with E-state index in [0.29, 0.717) is 18.2 Å². The quantitative estimate of drug-likeness (QED) is 0.241. The van der Waals surface area contributed by atoms with Crippen molar-refractivity contribution < 1.29 is 63.7 Å². The van der Waals surface area contributed by atoms with Gasteiger partial charge in [-0.15, -0.1) is 13.2 Å². The maximum atomic E-state index is 15.3. The van der Waals surface area contributed by atoms with Gasteiger partial charge in [0.25, 0.3) is 5.91 Å². The number of carbonyl (C=O) groups is 2. The molecule has 0 aliphatic heterocycles. The summed E-state index contributed by atoms with van der Waals surface area (Å²) in [6.45, 7) is 0. The minimum absolute atomic E-state index is 0.213. The second-order valence-corrected chi connectivity index (χ2v) is 9.24. The van der Waals surface area contributed by atoms with Gasteiger partial charge >= 0.3 is 18.5 Å². The Balaban J connectivity index is 2.15. The first-order valence-electron chi connectivity index (χ1n) is 11.5. The van der Waals surface area contributed by atoms with Crippen LogP contribution in [0.15, 0.2) is 42.6 Å². The molecule has 0 atom stereocenters. The van der Waals surface area contributed by atoms with Crippen LogP contribution in [0.1, 0.15) is 26.4 Å². The van der Waals surface area contributed by atoms with Crippen molar-refractivity contribution in [1.29, 1.82) is 0 Å². The number of amides is 1. The number of anilines is 1. The molecule has 220 valence electrons. The topological polar surface area (TPSA) is 96.0 Å². The second-order valence-electron chi connectivity index (χ2n) is 9.24. The Bertz CT molecular complexity index is 1510. The molecular weight excluding hydrogens is 585 g/mol. The Morgan fingerprint density at radius 2 is 1.48 bits per heavy atom. The van der Waals surface area contributed by atoms with Crippen LogP contribution in [0.25, 0.3) is 0 Å². The molecule has 3 rings (SSSR count). The summed E-state index contributed by atoms with van der Waals surface area (Å²) >= 11 is 0. The number of hydrogen-bond acceptors (Lipinski definition) is 7. The fourth-order valence-corrected chi connectivity index (χ4v) is 3.32. The molecular formula is C23H17B3F8N2O6. The van der Waals surface area contributed by atoms with Gasteiger partial charge in [-0.05, 0) is 36.4 Å². The van der Waals surface area contributed by atoms with E-state index < -0.39 is 75.5 Å². The number of aromatic nitrogens is 1. The largest absolute Gasteiger partial charge is 0.573 e. The lowest BCUT2D eigenvalue weighted by Gasteiger charge is -2.25. The molecule has 3 aromatic rings. The minimum atomic E-state index is -5.30. The molecule has 19 heteroatoms. The van der Waals surface area contributed by atoms with E-state index in [-0.39, 0.29) is 17.4 Å². The van der Waals surface area contributed by atoms with Gasteiger partial charge < -0.3 is 24.3 Å². The van der Waals surface area contributed by atoms with Crippen molar-refractivity contribution in [3.8, 4) is 23.0 Å². The van der Waals surface area contributed by atoms with Gasteiger partial charge in [0.15, 0.2) is 23.1 Å². The molecule has 0 bridgehead atoms. The Morgan fingerprint density at radius 3 is 2.05 bits per heavy atom. The van der Waals surface area contributed by atoms with Crippen LogP contribution in [0, 0.1) is 11.6 Å². The first-order chi connectivity index (χ1) is 19.3. The van der Waals surface area contributed by atoms with Crippen LogP contribution in [-0.4, -0.2) is 59.2 Å². The van der Waals surface area contributed by atoms with Crippen LogP contribution in [-0.2, 0) is 10.9 Å². The lowest BCUT2D eigenvalue weighted by atomic mass is 9.52. The Hall–Kier alpha value is -4.44. The summed E-state index contributed by atoms with van der Waals surface area (Å²) in [7, 11) is 5.21. The van der Waals surface area contributed by atoms with Gasteiger partial charge in [-0.3, -0.25) is 4.79 Å². The smallest absolute Gasteiger partial charge is 0.508 e. The number of alkyl halides is 6. The van der Waals surface area contributed by atoms with E-state index in [9.17, 15) is 35.9 Å². The van der Waals surface area contributed by atoms with Crippen LogP contribution >= 0.6 is 0 Å². The zero-order chi connectivity index (χ0) is 31.6. The third kappa shape index (κ3) is 7.85. The lowest BCUT2D eigenvalue weighted by molar-refractivity contribution is -0.275. The van der Waals surface area contributed by atoms with Crippen molar-refractivity contribution in [2.75, 3.05) is 12.4 Å². The van der Waals surface area contributed by atoms with Gasteiger partial charge in [-0.2, -0.15) is 17.6 Å². The van der Waals surface area contributed by atoms with Crippen molar-refractivity contribution in [2.45, 2.75) is 17.8 Å². The van der Waals surface area contributed by atoms with E-state index in [2.05, 4.69) is 19.8 Å². The van der Waals surface area contributed by atoms with Crippen molar-refractivity contribution in [3.05, 3.63) is 71.1 Å². The van der Waals surface area contributed by atoms with E-state index in [1.165, 1.54) is 23.5 Å². The number of nitrogens with zero attached hydrogens (tertiary/aromatic N) is 1. The molecule has 2 aromatic carbocycles. The fourth-order valence-electron chi connectivity index (χ4n) is 3.32. The number of halogens is 8. The van der Waals surface area contributed by atoms with Crippen molar-refractivity contribution in [2.24, 2.45) is 0 Å². The highest BCUT2D eigenvalue weighted by atomic mass is 19.4. The van der Waals surface area contributed by atoms with Crippen LogP contribution in [0.3, 0.4) is 0 Å². The zero-order valence-electron chi connectivity index (χ0n) is 22.0. The highest BCUT2D eigenvalue weighted by Gasteiger charge is 2.38. The van der Waals surface area contributed by atoms with Gasteiger partial charge in [0.1, 0.15) is 40.5 Å². The monoisotopic (exact) mass is 602 g/mol. The number of carbonyl (C=O) groups excluding carboxylic acids is 2. The molecule has 8 nitrogen and oxygen atoms in total. The summed E-state index contributed by atoms with van der Waals surface area (Å²) in [5.41, 5.74) is -3.71. The summed E-state index contributed by atoms with van der Waals surface area (Å²) in [4.78, 5) is 28.5. The maximum Gasteiger partial charge on any atom is 0.573 e. The van der Waals surface area contributed by atoms with Gasteiger partial charge in [-0.25, -0.2) is 14.2 Å². The van der Waals surface area contributed by atoms with E-state index in [1.807, 2.05) is 0 Å². The summed E-state index contributed by atoms with van der Waals surface area (Å²) in [6, 6.07) is 4.10. The van der Waals surface area contributed by atoms with Crippen LogP contribution in [0.4, 0.5) is 40.8 Å². The van der Waals surface area contributed by atoms with Crippen LogP contribution < -0.4 is 19.5 Å². The first kappa shape index (κ1) is 32.1. The molecule has 1 heterocycles. The first-order valence-corrected chi connectivity index (χ1v) is 11.5. The second kappa shape index (κ2) is 11.8. The van der Waals surface area contributed by atoms with E-state index in [1.54, 1.807) is 0 Å². The molecule has 1 aromatic heterocycles. The number of nitrogens with one attached hydrogen (secondary N) is 1. The van der Waals surface area contributed by atoms with Crippen molar-refractivity contribution in [3.63, 3.8) is 0 Å². The molecule has 0 aliphatic carbocycles. The summed E-state index contributed by atoms with van der Waals surface area (Å²) in [5.74, 6) is -10.2. The SMILES string of the molecule is BC(B)(B)Oc1c(Oc2ccc(C(F)(F)F)c(F)c2C(=O)Nc2ccnc(C(=O)OC)c2)ccc(OC(F)(F)F)c1F. The summed E-state index contributed by atoms with van der Waals surface area (Å²) < 4.78 is 128. The number of pyridine rings is 1. The molecule has 0 saturated heterocycles. The third-order valence-corrected chi connectivity index (χ3v) is 4.93. The van der Waals surface area contributed by atoms with Gasteiger partial charge in [0.2, 0.25) is 5.82 Å². The average molecular weight is 602 g/mol. The standard InChI is InChI=1S/C23H17B3F8N2O6/c1-39-20(38)11-8-9(6-7-35-11)36-19(37)15-12(3-2-10(16(15)27)21(29,30)31)40-14-5-4-13(41-23(32,33)34)17(28)18(14)42-22(24,25)26/h2-8H,24-26H2,1H3,(H,35,36,37). The van der Waals surface area contributed by atoms with Crippen molar-refractivity contribution in [1.82, 2.24) is 4.98 Å². The molecule has 0 radical (unpaired) electrons. The number of methoxy groups -OCH3 is 1. The minimum Gasteiger partial charge on any atom is -0.508 e. The molecule has 0 unspecified atom stereocenters. The number of ether oxygens (including phenoxy) is 4. The fraction of sp³-hybridized carbons (Fsp3) is 0.174. The Kier molecular flexibility index (Phi) is 9.03. The molecule has 0 fully saturated rings. The molecule has 0 saturated carbocycles. The lowest BCUT2D eigenvalue weighted by Crippen LogP contribution is -2.38. The van der Waals surface area contributed by atoms with Crippen LogP contribution in [0.5, 0.6) is 23.0 Å². The highest BCUT2D eigenvalue weighted by molar-refractivity contribution is 6.58. The summed E-state index contributed by atoms with van der Waals surface area (Å²) in [5, 5.41) is 0.834. The predicted octanol–water partition coefficient (Wildman–Crippen LogP) is 3.00. The molecule has 1 amide bonds. The van der Waals surface area contributed by atoms with E-state index in [4.69, 9.17) is 9.47 Å². The van der Waals surface area contributed by atoms with E-state index >= 15 is 8.78 Å². The van der Waals surface area contributed by atoms with Crippen LogP contribution in [0.2, 0.25) is 0 Å². The zero-order valence-corrected chi connectivity index (χ0v) is 22.0. The van der Waals surface area contributed by atoms with Gasteiger partial charge in [0.05, 0.1) is 12.7 Å². The van der Waals surface area contributed by atoms with E-state index in [0.717, 1.165) is 25.4 Å². The molecule has 42 heavy (non-hydrogen) atoms.